The molecule has 1 aromatic heterocycles. The van der Waals surface area contributed by atoms with Crippen molar-refractivity contribution in [1.82, 2.24) is 5.32 Å². The molecule has 1 aliphatic rings. The predicted molar refractivity (Wildman–Crippen MR) is 117 cm³/mol. The maximum absolute atomic E-state index is 12.9. The summed E-state index contributed by atoms with van der Waals surface area (Å²) >= 11 is 1.54. The van der Waals surface area contributed by atoms with E-state index in [2.05, 4.69) is 22.3 Å². The molecular formula is C23H24N2O3S. The second kappa shape index (κ2) is 9.11. The number of ether oxygens (including phenoxy) is 2. The van der Waals surface area contributed by atoms with Gasteiger partial charge in [0, 0.05) is 30.8 Å². The number of nitrogens with zero attached hydrogens (tertiary/aromatic N) is 1. The fourth-order valence-electron chi connectivity index (χ4n) is 3.43. The van der Waals surface area contributed by atoms with Crippen molar-refractivity contribution in [2.75, 3.05) is 38.3 Å². The molecule has 6 heteroatoms. The minimum Gasteiger partial charge on any atom is -0.496 e. The molecular weight excluding hydrogens is 384 g/mol. The molecule has 3 aromatic rings. The third-order valence-corrected chi connectivity index (χ3v) is 6.15. The zero-order valence-electron chi connectivity index (χ0n) is 16.4. The Morgan fingerprint density at radius 2 is 1.83 bits per heavy atom. The number of benzene rings is 2. The smallest absolute Gasteiger partial charge is 0.261 e. The number of carbonyl (C=O) groups is 1. The van der Waals surface area contributed by atoms with Gasteiger partial charge in [-0.25, -0.2) is 0 Å². The van der Waals surface area contributed by atoms with Crippen LogP contribution in [-0.2, 0) is 11.3 Å². The van der Waals surface area contributed by atoms with Crippen LogP contribution in [0.25, 0.3) is 11.1 Å². The number of hydrogen-bond donors (Lipinski definition) is 1. The molecule has 0 unspecified atom stereocenters. The van der Waals surface area contributed by atoms with Gasteiger partial charge in [0.25, 0.3) is 5.91 Å². The Hall–Kier alpha value is -2.83. The molecule has 4 rings (SSSR count). The number of methoxy groups -OCH3 is 1. The average molecular weight is 409 g/mol. The first kappa shape index (κ1) is 19.5. The maximum Gasteiger partial charge on any atom is 0.261 e. The van der Waals surface area contributed by atoms with Gasteiger partial charge in [0.05, 0.1) is 30.2 Å². The predicted octanol–water partition coefficient (Wildman–Crippen LogP) is 4.19. The van der Waals surface area contributed by atoms with Gasteiger partial charge >= 0.3 is 0 Å². The van der Waals surface area contributed by atoms with Crippen molar-refractivity contribution in [3.8, 4) is 16.9 Å². The number of rotatable bonds is 6. The molecule has 0 atom stereocenters. The Labute approximate surface area is 174 Å². The van der Waals surface area contributed by atoms with Gasteiger partial charge in [-0.1, -0.05) is 48.5 Å². The molecule has 1 fully saturated rings. The molecule has 29 heavy (non-hydrogen) atoms. The SMILES string of the molecule is COc1ccccc1CNC(=O)c1cc(-c2ccccc2)c(N2CCOCC2)s1. The van der Waals surface area contributed by atoms with Crippen LogP contribution >= 0.6 is 11.3 Å². The molecule has 5 nitrogen and oxygen atoms in total. The van der Waals surface area contributed by atoms with Crippen molar-refractivity contribution in [3.63, 3.8) is 0 Å². The lowest BCUT2D eigenvalue weighted by Crippen LogP contribution is -2.35. The lowest BCUT2D eigenvalue weighted by Gasteiger charge is -2.28. The van der Waals surface area contributed by atoms with Gasteiger partial charge in [0.1, 0.15) is 5.75 Å². The zero-order chi connectivity index (χ0) is 20.1. The number of thiophene rings is 1. The Morgan fingerprint density at radius 3 is 2.59 bits per heavy atom. The normalized spacial score (nSPS) is 13.9. The third-order valence-electron chi connectivity index (χ3n) is 4.95. The van der Waals surface area contributed by atoms with Crippen LogP contribution in [0, 0.1) is 0 Å². The third kappa shape index (κ3) is 4.44. The number of para-hydroxylation sites is 1. The van der Waals surface area contributed by atoms with Gasteiger partial charge in [0.2, 0.25) is 0 Å². The standard InChI is InChI=1S/C23H24N2O3S/c1-27-20-10-6-5-9-18(20)16-24-22(26)21-15-19(17-7-3-2-4-8-17)23(29-21)25-11-13-28-14-12-25/h2-10,15H,11-14,16H2,1H3,(H,24,26). The van der Waals surface area contributed by atoms with Gasteiger partial charge in [-0.3, -0.25) is 4.79 Å². The van der Waals surface area contributed by atoms with Gasteiger partial charge in [-0.15, -0.1) is 11.3 Å². The fraction of sp³-hybridized carbons (Fsp3) is 0.261. The van der Waals surface area contributed by atoms with E-state index in [0.717, 1.165) is 40.5 Å². The summed E-state index contributed by atoms with van der Waals surface area (Å²) in [6.45, 7) is 3.52. The van der Waals surface area contributed by atoms with Crippen LogP contribution in [0.2, 0.25) is 0 Å². The molecule has 0 radical (unpaired) electrons. The lowest BCUT2D eigenvalue weighted by molar-refractivity contribution is 0.0954. The minimum absolute atomic E-state index is 0.0717. The Bertz CT molecular complexity index is 965. The Balaban J connectivity index is 1.58. The highest BCUT2D eigenvalue weighted by Gasteiger charge is 2.22. The molecule has 0 spiro atoms. The van der Waals surface area contributed by atoms with E-state index in [-0.39, 0.29) is 5.91 Å². The van der Waals surface area contributed by atoms with E-state index in [9.17, 15) is 4.79 Å². The van der Waals surface area contributed by atoms with Crippen LogP contribution in [0.4, 0.5) is 5.00 Å². The van der Waals surface area contributed by atoms with E-state index in [1.807, 2.05) is 48.5 Å². The highest BCUT2D eigenvalue weighted by Crippen LogP contribution is 2.39. The Morgan fingerprint density at radius 1 is 1.10 bits per heavy atom. The van der Waals surface area contributed by atoms with Crippen LogP contribution in [0.1, 0.15) is 15.2 Å². The number of morpholine rings is 1. The molecule has 0 saturated carbocycles. The van der Waals surface area contributed by atoms with E-state index in [0.29, 0.717) is 24.6 Å². The van der Waals surface area contributed by atoms with E-state index in [1.165, 1.54) is 0 Å². The van der Waals surface area contributed by atoms with Crippen molar-refractivity contribution in [2.45, 2.75) is 6.54 Å². The first-order chi connectivity index (χ1) is 14.3. The monoisotopic (exact) mass is 408 g/mol. The molecule has 0 bridgehead atoms. The average Bonchev–Trinajstić information content (AvgIpc) is 3.24. The van der Waals surface area contributed by atoms with Gasteiger partial charge in [-0.2, -0.15) is 0 Å². The lowest BCUT2D eigenvalue weighted by atomic mass is 10.1. The van der Waals surface area contributed by atoms with E-state index >= 15 is 0 Å². The number of carbonyl (C=O) groups excluding carboxylic acids is 1. The van der Waals surface area contributed by atoms with Crippen molar-refractivity contribution in [2.24, 2.45) is 0 Å². The largest absolute Gasteiger partial charge is 0.496 e. The summed E-state index contributed by atoms with van der Waals surface area (Å²) in [4.78, 5) is 15.9. The minimum atomic E-state index is -0.0717. The van der Waals surface area contributed by atoms with Crippen molar-refractivity contribution < 1.29 is 14.3 Å². The highest BCUT2D eigenvalue weighted by molar-refractivity contribution is 7.18. The van der Waals surface area contributed by atoms with Gasteiger partial charge in [0.15, 0.2) is 0 Å². The number of nitrogens with one attached hydrogen (secondary N) is 1. The summed E-state index contributed by atoms with van der Waals surface area (Å²) < 4.78 is 10.9. The summed E-state index contributed by atoms with van der Waals surface area (Å²) in [5, 5.41) is 4.16. The van der Waals surface area contributed by atoms with Crippen LogP contribution < -0.4 is 15.0 Å². The van der Waals surface area contributed by atoms with Crippen LogP contribution in [-0.4, -0.2) is 39.3 Å². The summed E-state index contributed by atoms with van der Waals surface area (Å²) in [6.07, 6.45) is 0. The first-order valence-electron chi connectivity index (χ1n) is 9.68. The molecule has 150 valence electrons. The molecule has 1 saturated heterocycles. The summed E-state index contributed by atoms with van der Waals surface area (Å²) in [5.74, 6) is 0.704. The van der Waals surface area contributed by atoms with Crippen molar-refractivity contribution in [1.29, 1.82) is 0 Å². The van der Waals surface area contributed by atoms with E-state index < -0.39 is 0 Å². The van der Waals surface area contributed by atoms with Crippen molar-refractivity contribution >= 4 is 22.2 Å². The van der Waals surface area contributed by atoms with Gasteiger partial charge < -0.3 is 19.7 Å². The quantitative estimate of drug-likeness (QED) is 0.665. The van der Waals surface area contributed by atoms with Crippen LogP contribution in [0.15, 0.2) is 60.7 Å². The molecule has 2 aromatic carbocycles. The number of hydrogen-bond acceptors (Lipinski definition) is 5. The number of anilines is 1. The van der Waals surface area contributed by atoms with Crippen molar-refractivity contribution in [3.05, 3.63) is 71.1 Å². The number of amides is 1. The highest BCUT2D eigenvalue weighted by atomic mass is 32.1. The van der Waals surface area contributed by atoms with Crippen LogP contribution in [0.5, 0.6) is 5.75 Å². The molecule has 1 aliphatic heterocycles. The van der Waals surface area contributed by atoms with Gasteiger partial charge in [-0.05, 0) is 17.7 Å². The van der Waals surface area contributed by atoms with E-state index in [1.54, 1.807) is 18.4 Å². The maximum atomic E-state index is 12.9. The fourth-order valence-corrected chi connectivity index (χ4v) is 4.58. The second-order valence-electron chi connectivity index (χ2n) is 6.79. The second-order valence-corrected chi connectivity index (χ2v) is 7.82. The van der Waals surface area contributed by atoms with Crippen LogP contribution in [0.3, 0.4) is 0 Å². The first-order valence-corrected chi connectivity index (χ1v) is 10.5. The zero-order valence-corrected chi connectivity index (χ0v) is 17.2. The molecule has 1 N–H and O–H groups in total. The molecule has 1 amide bonds. The Kier molecular flexibility index (Phi) is 6.12. The summed E-state index contributed by atoms with van der Waals surface area (Å²) in [6, 6.07) is 20.0. The topological polar surface area (TPSA) is 50.8 Å². The summed E-state index contributed by atoms with van der Waals surface area (Å²) in [5.41, 5.74) is 3.17. The van der Waals surface area contributed by atoms with E-state index in [4.69, 9.17) is 9.47 Å². The molecule has 2 heterocycles. The summed E-state index contributed by atoms with van der Waals surface area (Å²) in [7, 11) is 1.64. The molecule has 0 aliphatic carbocycles.